The van der Waals surface area contributed by atoms with Gasteiger partial charge in [0.1, 0.15) is 0 Å². The molecule has 0 aromatic heterocycles. The van der Waals surface area contributed by atoms with E-state index in [1.54, 1.807) is 12.1 Å². The maximum Gasteiger partial charge on any atom is 0.175 e. The van der Waals surface area contributed by atoms with Gasteiger partial charge in [-0.25, -0.2) is 8.42 Å². The van der Waals surface area contributed by atoms with E-state index >= 15 is 0 Å². The van der Waals surface area contributed by atoms with E-state index in [0.29, 0.717) is 16.9 Å². The van der Waals surface area contributed by atoms with Crippen molar-refractivity contribution in [3.63, 3.8) is 0 Å². The summed E-state index contributed by atoms with van der Waals surface area (Å²) >= 11 is 0. The van der Waals surface area contributed by atoms with Gasteiger partial charge in [-0.3, -0.25) is 0 Å². The number of benzene rings is 2. The van der Waals surface area contributed by atoms with Gasteiger partial charge < -0.3 is 5.32 Å². The molecule has 0 radical (unpaired) electrons. The Morgan fingerprint density at radius 1 is 1.04 bits per heavy atom. The highest BCUT2D eigenvalue weighted by Crippen LogP contribution is 2.38. The van der Waals surface area contributed by atoms with Crippen LogP contribution < -0.4 is 5.32 Å². The molecule has 0 unspecified atom stereocenters. The SMILES string of the molecule is Cc1ccccc1C1CC(NCc2ccc(S(C)(=O)=O)cc2)C1. The zero-order chi connectivity index (χ0) is 16.4. The summed E-state index contributed by atoms with van der Waals surface area (Å²) in [4.78, 5) is 0.379. The van der Waals surface area contributed by atoms with Gasteiger partial charge in [0.25, 0.3) is 0 Å². The Hall–Kier alpha value is -1.65. The van der Waals surface area contributed by atoms with Crippen molar-refractivity contribution in [1.29, 1.82) is 0 Å². The molecule has 0 bridgehead atoms. The van der Waals surface area contributed by atoms with E-state index in [2.05, 4.69) is 36.5 Å². The molecule has 0 heterocycles. The molecule has 4 heteroatoms. The maximum atomic E-state index is 11.4. The van der Waals surface area contributed by atoms with Gasteiger partial charge in [0.05, 0.1) is 4.90 Å². The smallest absolute Gasteiger partial charge is 0.175 e. The molecular weight excluding hydrogens is 306 g/mol. The zero-order valence-corrected chi connectivity index (χ0v) is 14.4. The van der Waals surface area contributed by atoms with Crippen molar-refractivity contribution in [3.05, 3.63) is 65.2 Å². The molecule has 2 aromatic rings. The summed E-state index contributed by atoms with van der Waals surface area (Å²) in [6.45, 7) is 2.97. The van der Waals surface area contributed by atoms with Crippen LogP contribution in [-0.2, 0) is 16.4 Å². The van der Waals surface area contributed by atoms with Gasteiger partial charge in [-0.15, -0.1) is 0 Å². The fraction of sp³-hybridized carbons (Fsp3) is 0.368. The van der Waals surface area contributed by atoms with Gasteiger partial charge in [0, 0.05) is 18.8 Å². The summed E-state index contributed by atoms with van der Waals surface area (Å²) in [5, 5.41) is 3.56. The first-order valence-corrected chi connectivity index (χ1v) is 9.90. The van der Waals surface area contributed by atoms with Crippen molar-refractivity contribution in [2.45, 2.75) is 43.2 Å². The van der Waals surface area contributed by atoms with Gasteiger partial charge in [0.15, 0.2) is 9.84 Å². The van der Waals surface area contributed by atoms with Crippen LogP contribution >= 0.6 is 0 Å². The third-order valence-electron chi connectivity index (χ3n) is 4.71. The molecule has 23 heavy (non-hydrogen) atoms. The molecule has 1 fully saturated rings. The Balaban J connectivity index is 1.51. The Bertz CT molecular complexity index is 775. The van der Waals surface area contributed by atoms with Gasteiger partial charge in [-0.2, -0.15) is 0 Å². The monoisotopic (exact) mass is 329 g/mol. The highest BCUT2D eigenvalue weighted by Gasteiger charge is 2.30. The number of hydrogen-bond donors (Lipinski definition) is 1. The fourth-order valence-corrected chi connectivity index (χ4v) is 3.83. The van der Waals surface area contributed by atoms with Crippen molar-refractivity contribution in [3.8, 4) is 0 Å². The van der Waals surface area contributed by atoms with E-state index < -0.39 is 9.84 Å². The fourth-order valence-electron chi connectivity index (χ4n) is 3.20. The minimum Gasteiger partial charge on any atom is -0.310 e. The van der Waals surface area contributed by atoms with Gasteiger partial charge >= 0.3 is 0 Å². The molecule has 3 rings (SSSR count). The first-order chi connectivity index (χ1) is 10.9. The summed E-state index contributed by atoms with van der Waals surface area (Å²) in [5.41, 5.74) is 3.98. The number of rotatable bonds is 5. The standard InChI is InChI=1S/C19H23NO2S/c1-14-5-3-4-6-19(14)16-11-17(12-16)20-13-15-7-9-18(10-8-15)23(2,21)22/h3-10,16-17,20H,11-13H2,1-2H3. The van der Waals surface area contributed by atoms with Crippen LogP contribution in [0, 0.1) is 6.92 Å². The lowest BCUT2D eigenvalue weighted by Crippen LogP contribution is -2.39. The summed E-state index contributed by atoms with van der Waals surface area (Å²) in [6, 6.07) is 16.3. The van der Waals surface area contributed by atoms with Crippen molar-refractivity contribution >= 4 is 9.84 Å². The first kappa shape index (κ1) is 16.2. The zero-order valence-electron chi connectivity index (χ0n) is 13.6. The molecule has 1 N–H and O–H groups in total. The van der Waals surface area contributed by atoms with Crippen LogP contribution in [0.5, 0.6) is 0 Å². The Labute approximate surface area is 138 Å². The van der Waals surface area contributed by atoms with Crippen LogP contribution in [-0.4, -0.2) is 20.7 Å². The van der Waals surface area contributed by atoms with Crippen LogP contribution in [0.2, 0.25) is 0 Å². The number of nitrogens with one attached hydrogen (secondary N) is 1. The predicted molar refractivity (Wildman–Crippen MR) is 93.3 cm³/mol. The molecular formula is C19H23NO2S. The summed E-state index contributed by atoms with van der Waals surface area (Å²) in [5.74, 6) is 0.668. The Morgan fingerprint density at radius 2 is 1.70 bits per heavy atom. The molecule has 0 aliphatic heterocycles. The molecule has 0 amide bonds. The summed E-state index contributed by atoms with van der Waals surface area (Å²) in [7, 11) is -3.11. The first-order valence-electron chi connectivity index (χ1n) is 8.01. The highest BCUT2D eigenvalue weighted by molar-refractivity contribution is 7.90. The Morgan fingerprint density at radius 3 is 2.30 bits per heavy atom. The van der Waals surface area contributed by atoms with E-state index in [4.69, 9.17) is 0 Å². The van der Waals surface area contributed by atoms with Crippen molar-refractivity contribution in [2.24, 2.45) is 0 Å². The second-order valence-corrected chi connectivity index (χ2v) is 8.53. The van der Waals surface area contributed by atoms with E-state index in [9.17, 15) is 8.42 Å². The second kappa shape index (κ2) is 6.46. The predicted octanol–water partition coefficient (Wildman–Crippen LogP) is 3.43. The third-order valence-corrected chi connectivity index (χ3v) is 5.84. The van der Waals surface area contributed by atoms with Crippen LogP contribution in [0.1, 0.15) is 35.4 Å². The van der Waals surface area contributed by atoms with Crippen LogP contribution in [0.3, 0.4) is 0 Å². The van der Waals surface area contributed by atoms with Crippen LogP contribution in [0.25, 0.3) is 0 Å². The van der Waals surface area contributed by atoms with Crippen LogP contribution in [0.15, 0.2) is 53.4 Å². The van der Waals surface area contributed by atoms with Crippen molar-refractivity contribution in [1.82, 2.24) is 5.32 Å². The molecule has 0 saturated heterocycles. The largest absolute Gasteiger partial charge is 0.310 e. The quantitative estimate of drug-likeness (QED) is 0.914. The number of sulfone groups is 1. The summed E-state index contributed by atoms with van der Waals surface area (Å²) in [6.07, 6.45) is 3.58. The molecule has 122 valence electrons. The van der Waals surface area contributed by atoms with Gasteiger partial charge in [-0.1, -0.05) is 36.4 Å². The number of hydrogen-bond acceptors (Lipinski definition) is 3. The Kier molecular flexibility index (Phi) is 4.55. The lowest BCUT2D eigenvalue weighted by molar-refractivity contribution is 0.289. The summed E-state index contributed by atoms with van der Waals surface area (Å²) < 4.78 is 22.9. The highest BCUT2D eigenvalue weighted by atomic mass is 32.2. The normalized spacial score (nSPS) is 21.0. The van der Waals surface area contributed by atoms with Crippen molar-refractivity contribution < 1.29 is 8.42 Å². The molecule has 2 aromatic carbocycles. The average molecular weight is 329 g/mol. The molecule has 3 nitrogen and oxygen atoms in total. The second-order valence-electron chi connectivity index (χ2n) is 6.52. The molecule has 1 saturated carbocycles. The minimum atomic E-state index is -3.11. The van der Waals surface area contributed by atoms with E-state index in [0.717, 1.165) is 12.1 Å². The van der Waals surface area contributed by atoms with E-state index in [1.165, 1.54) is 30.2 Å². The lowest BCUT2D eigenvalue weighted by Gasteiger charge is -2.37. The van der Waals surface area contributed by atoms with Crippen LogP contribution in [0.4, 0.5) is 0 Å². The van der Waals surface area contributed by atoms with Crippen molar-refractivity contribution in [2.75, 3.05) is 6.26 Å². The lowest BCUT2D eigenvalue weighted by atomic mass is 9.74. The van der Waals surface area contributed by atoms with Gasteiger partial charge in [-0.05, 0) is 54.5 Å². The third kappa shape index (κ3) is 3.82. The van der Waals surface area contributed by atoms with Gasteiger partial charge in [0.2, 0.25) is 0 Å². The molecule has 0 atom stereocenters. The molecule has 1 aliphatic carbocycles. The van der Waals surface area contributed by atoms with E-state index in [1.807, 2.05) is 12.1 Å². The molecule has 0 spiro atoms. The van der Waals surface area contributed by atoms with E-state index in [-0.39, 0.29) is 0 Å². The molecule has 1 aliphatic rings. The maximum absolute atomic E-state index is 11.4. The minimum absolute atomic E-state index is 0.379. The number of aryl methyl sites for hydroxylation is 1. The average Bonchev–Trinajstić information content (AvgIpc) is 2.47. The topological polar surface area (TPSA) is 46.2 Å².